The maximum atomic E-state index is 12.9. The fourth-order valence-electron chi connectivity index (χ4n) is 3.59. The van der Waals surface area contributed by atoms with Crippen molar-refractivity contribution in [3.8, 4) is 0 Å². The van der Waals surface area contributed by atoms with Gasteiger partial charge in [-0.2, -0.15) is 13.2 Å². The lowest BCUT2D eigenvalue weighted by molar-refractivity contribution is -0.137. The predicted molar refractivity (Wildman–Crippen MR) is 79.4 cm³/mol. The average Bonchev–Trinajstić information content (AvgIpc) is 2.45. The molecule has 2 fully saturated rings. The Kier molecular flexibility index (Phi) is 4.23. The Labute approximate surface area is 133 Å². The number of rotatable bonds is 2. The Balaban J connectivity index is 1.86. The van der Waals surface area contributed by atoms with Gasteiger partial charge in [-0.05, 0) is 44.5 Å². The second-order valence-corrected chi connectivity index (χ2v) is 6.57. The van der Waals surface area contributed by atoms with Crippen LogP contribution in [0.15, 0.2) is 18.2 Å². The number of ketones is 1. The van der Waals surface area contributed by atoms with Gasteiger partial charge in [-0.25, -0.2) is 0 Å². The first-order valence-electron chi connectivity index (χ1n) is 7.79. The molecular formula is C17H20F3NO2. The lowest BCUT2D eigenvalue weighted by atomic mass is 9.80. The molecule has 2 aliphatic heterocycles. The summed E-state index contributed by atoms with van der Waals surface area (Å²) in [6, 6.07) is 3.76. The van der Waals surface area contributed by atoms with E-state index in [0.717, 1.165) is 12.1 Å². The van der Waals surface area contributed by atoms with Crippen LogP contribution in [0.3, 0.4) is 0 Å². The number of piperidine rings is 1. The van der Waals surface area contributed by atoms with Gasteiger partial charge in [0.1, 0.15) is 0 Å². The van der Waals surface area contributed by atoms with Crippen molar-refractivity contribution < 1.29 is 22.7 Å². The van der Waals surface area contributed by atoms with E-state index in [0.29, 0.717) is 31.6 Å². The Bertz CT molecular complexity index is 600. The van der Waals surface area contributed by atoms with E-state index >= 15 is 0 Å². The molecule has 6 heteroatoms. The maximum absolute atomic E-state index is 12.9. The quantitative estimate of drug-likeness (QED) is 0.781. The molecule has 2 atom stereocenters. The zero-order chi connectivity index (χ0) is 16.8. The van der Waals surface area contributed by atoms with Crippen molar-refractivity contribution in [3.63, 3.8) is 0 Å². The van der Waals surface area contributed by atoms with Gasteiger partial charge in [0.2, 0.25) is 0 Å². The van der Waals surface area contributed by atoms with Gasteiger partial charge in [-0.1, -0.05) is 6.07 Å². The number of carbonyl (C=O) groups is 1. The standard InChI is InChI=1S/C17H20F3NO2/c1-10-3-4-12(17(18,19)20)7-15(10)16(22)11-5-13-8-23-9-14(6-11)21(13)2/h3-4,7,11,13-14H,5-6,8-9H2,1-2H3. The van der Waals surface area contributed by atoms with Crippen LogP contribution in [0.1, 0.15) is 34.3 Å². The molecular weight excluding hydrogens is 307 g/mol. The molecule has 23 heavy (non-hydrogen) atoms. The summed E-state index contributed by atoms with van der Waals surface area (Å²) >= 11 is 0. The average molecular weight is 327 g/mol. The van der Waals surface area contributed by atoms with Gasteiger partial charge in [0.05, 0.1) is 18.8 Å². The highest BCUT2D eigenvalue weighted by atomic mass is 19.4. The number of morpholine rings is 1. The van der Waals surface area contributed by atoms with Crippen LogP contribution in [0.4, 0.5) is 13.2 Å². The zero-order valence-electron chi connectivity index (χ0n) is 13.2. The summed E-state index contributed by atoms with van der Waals surface area (Å²) in [5, 5.41) is 0. The van der Waals surface area contributed by atoms with Crippen LogP contribution >= 0.6 is 0 Å². The lowest BCUT2D eigenvalue weighted by Crippen LogP contribution is -2.55. The van der Waals surface area contributed by atoms with Crippen LogP contribution < -0.4 is 0 Å². The Morgan fingerprint density at radius 1 is 1.22 bits per heavy atom. The van der Waals surface area contributed by atoms with E-state index in [1.165, 1.54) is 6.07 Å². The molecule has 0 aromatic heterocycles. The normalized spacial score (nSPS) is 28.7. The number of aryl methyl sites for hydroxylation is 1. The summed E-state index contributed by atoms with van der Waals surface area (Å²) < 4.78 is 44.3. The number of hydrogen-bond acceptors (Lipinski definition) is 3. The van der Waals surface area contributed by atoms with Crippen molar-refractivity contribution >= 4 is 5.78 Å². The first kappa shape index (κ1) is 16.5. The molecule has 2 saturated heterocycles. The summed E-state index contributed by atoms with van der Waals surface area (Å²) in [5.74, 6) is -0.397. The largest absolute Gasteiger partial charge is 0.416 e. The second-order valence-electron chi connectivity index (χ2n) is 6.57. The maximum Gasteiger partial charge on any atom is 0.416 e. The number of halogens is 3. The molecule has 3 nitrogen and oxygen atoms in total. The Morgan fingerprint density at radius 2 is 1.83 bits per heavy atom. The minimum atomic E-state index is -4.43. The summed E-state index contributed by atoms with van der Waals surface area (Å²) in [5.41, 5.74) is 0.0413. The highest BCUT2D eigenvalue weighted by Crippen LogP contribution is 2.35. The summed E-state index contributed by atoms with van der Waals surface area (Å²) in [4.78, 5) is 15.0. The minimum absolute atomic E-state index is 0.168. The predicted octanol–water partition coefficient (Wildman–Crippen LogP) is 3.31. The van der Waals surface area contributed by atoms with E-state index in [9.17, 15) is 18.0 Å². The third-order valence-electron chi connectivity index (χ3n) is 5.09. The number of fused-ring (bicyclic) bond motifs is 2. The number of ether oxygens (including phenoxy) is 1. The number of likely N-dealkylation sites (N-methyl/N-ethyl adjacent to an activating group) is 1. The molecule has 126 valence electrons. The number of nitrogens with zero attached hydrogens (tertiary/aromatic N) is 1. The Morgan fingerprint density at radius 3 is 2.39 bits per heavy atom. The molecule has 0 N–H and O–H groups in total. The second kappa shape index (κ2) is 5.91. The summed E-state index contributed by atoms with van der Waals surface area (Å²) in [6.45, 7) is 2.85. The van der Waals surface area contributed by atoms with Gasteiger partial charge in [-0.15, -0.1) is 0 Å². The first-order valence-corrected chi connectivity index (χ1v) is 7.79. The van der Waals surface area contributed by atoms with Crippen LogP contribution in [0.5, 0.6) is 0 Å². The molecule has 0 saturated carbocycles. The van der Waals surface area contributed by atoms with Crippen LogP contribution in [-0.2, 0) is 10.9 Å². The van der Waals surface area contributed by atoms with Crippen molar-refractivity contribution in [2.24, 2.45) is 5.92 Å². The highest BCUT2D eigenvalue weighted by molar-refractivity contribution is 5.99. The monoisotopic (exact) mass is 327 g/mol. The lowest BCUT2D eigenvalue weighted by Gasteiger charge is -2.46. The molecule has 2 aliphatic rings. The van der Waals surface area contributed by atoms with E-state index in [-0.39, 0.29) is 29.3 Å². The zero-order valence-corrected chi connectivity index (χ0v) is 13.2. The first-order chi connectivity index (χ1) is 10.8. The Hall–Kier alpha value is -1.40. The molecule has 0 spiro atoms. The number of hydrogen-bond donors (Lipinski definition) is 0. The van der Waals surface area contributed by atoms with Gasteiger partial charge in [0.25, 0.3) is 0 Å². The van der Waals surface area contributed by atoms with E-state index in [1.54, 1.807) is 6.92 Å². The van der Waals surface area contributed by atoms with E-state index in [2.05, 4.69) is 4.90 Å². The van der Waals surface area contributed by atoms with Gasteiger partial charge in [0, 0.05) is 23.6 Å². The summed E-state index contributed by atoms with van der Waals surface area (Å²) in [7, 11) is 2.02. The van der Waals surface area contributed by atoms with Crippen LogP contribution in [0, 0.1) is 12.8 Å². The molecule has 2 unspecified atom stereocenters. The van der Waals surface area contributed by atoms with Gasteiger partial charge >= 0.3 is 6.18 Å². The van der Waals surface area contributed by atoms with Crippen LogP contribution in [-0.4, -0.2) is 43.0 Å². The smallest absolute Gasteiger partial charge is 0.378 e. The van der Waals surface area contributed by atoms with Crippen LogP contribution in [0.2, 0.25) is 0 Å². The van der Waals surface area contributed by atoms with Crippen LogP contribution in [0.25, 0.3) is 0 Å². The topological polar surface area (TPSA) is 29.5 Å². The SMILES string of the molecule is Cc1ccc(C(F)(F)F)cc1C(=O)C1CC2COCC(C1)N2C. The van der Waals surface area contributed by atoms with Crippen molar-refractivity contribution in [2.45, 2.75) is 38.0 Å². The molecule has 1 aromatic carbocycles. The number of carbonyl (C=O) groups excluding carboxylic acids is 1. The van der Waals surface area contributed by atoms with E-state index in [4.69, 9.17) is 4.74 Å². The number of alkyl halides is 3. The number of Topliss-reactive ketones (excluding diaryl/α,β-unsaturated/α-hetero) is 1. The third-order valence-corrected chi connectivity index (χ3v) is 5.09. The van der Waals surface area contributed by atoms with Gasteiger partial charge in [-0.3, -0.25) is 9.69 Å². The van der Waals surface area contributed by atoms with Crippen molar-refractivity contribution in [3.05, 3.63) is 34.9 Å². The van der Waals surface area contributed by atoms with Gasteiger partial charge in [0.15, 0.2) is 5.78 Å². The molecule has 3 rings (SSSR count). The van der Waals surface area contributed by atoms with Crippen molar-refractivity contribution in [1.82, 2.24) is 4.90 Å². The summed E-state index contributed by atoms with van der Waals surface area (Å²) in [6.07, 6.45) is -3.15. The molecule has 2 heterocycles. The third kappa shape index (κ3) is 3.15. The molecule has 0 aliphatic carbocycles. The van der Waals surface area contributed by atoms with Crippen molar-refractivity contribution in [2.75, 3.05) is 20.3 Å². The van der Waals surface area contributed by atoms with Crippen molar-refractivity contribution in [1.29, 1.82) is 0 Å². The number of benzene rings is 1. The molecule has 1 aromatic rings. The molecule has 0 amide bonds. The minimum Gasteiger partial charge on any atom is -0.378 e. The van der Waals surface area contributed by atoms with E-state index in [1.807, 2.05) is 7.05 Å². The molecule has 2 bridgehead atoms. The van der Waals surface area contributed by atoms with Gasteiger partial charge < -0.3 is 4.74 Å². The fourth-order valence-corrected chi connectivity index (χ4v) is 3.59. The fraction of sp³-hybridized carbons (Fsp3) is 0.588. The van der Waals surface area contributed by atoms with E-state index < -0.39 is 11.7 Å². The molecule has 0 radical (unpaired) electrons. The highest BCUT2D eigenvalue weighted by Gasteiger charge is 2.40.